The monoisotopic (exact) mass is 570 g/mol. The summed E-state index contributed by atoms with van der Waals surface area (Å²) >= 11 is 1.42. The van der Waals surface area contributed by atoms with E-state index in [1.807, 2.05) is 19.9 Å². The zero-order valence-corrected chi connectivity index (χ0v) is 24.0. The minimum absolute atomic E-state index is 0.0393. The quantitative estimate of drug-likeness (QED) is 0.247. The first kappa shape index (κ1) is 29.3. The molecule has 2 amide bonds. The van der Waals surface area contributed by atoms with E-state index < -0.39 is 17.5 Å². The number of nitrogens with zero attached hydrogens (tertiary/aromatic N) is 1. The lowest BCUT2D eigenvalue weighted by molar-refractivity contribution is -0.115. The number of carbonyl (C=O) groups excluding carboxylic acids is 2. The predicted octanol–water partition coefficient (Wildman–Crippen LogP) is 5.45. The second kappa shape index (κ2) is 12.6. The summed E-state index contributed by atoms with van der Waals surface area (Å²) in [7, 11) is 0. The predicted molar refractivity (Wildman–Crippen MR) is 153 cm³/mol. The molecule has 4 rings (SSSR count). The third kappa shape index (κ3) is 7.92. The van der Waals surface area contributed by atoms with Gasteiger partial charge in [0.25, 0.3) is 0 Å². The standard InChI is InChI=1S/C29H35FN4O5S/c1-17(16-29(3,4)39-27(31)36)37-11-12-38-24-13-19(5-7-22(24)30)14-25(35)33-28-34-26(18(2)40-28)21-6-8-23-20(15-21)9-10-32-23/h5-8,13,15,17,32H,9-12,14,16H2,1-4H3,(H2,31,36)(H,33,34,35). The molecule has 0 aliphatic carbocycles. The third-order valence-electron chi connectivity index (χ3n) is 6.39. The third-order valence-corrected chi connectivity index (χ3v) is 7.28. The fourth-order valence-corrected chi connectivity index (χ4v) is 5.61. The lowest BCUT2D eigenvalue weighted by Gasteiger charge is -2.27. The van der Waals surface area contributed by atoms with Gasteiger partial charge < -0.3 is 30.6 Å². The molecule has 9 nitrogen and oxygen atoms in total. The molecule has 0 saturated carbocycles. The van der Waals surface area contributed by atoms with E-state index in [1.165, 1.54) is 29.0 Å². The second-order valence-corrected chi connectivity index (χ2v) is 11.6. The number of amides is 2. The van der Waals surface area contributed by atoms with Gasteiger partial charge in [-0.1, -0.05) is 12.1 Å². The Kier molecular flexibility index (Phi) is 9.26. The zero-order valence-electron chi connectivity index (χ0n) is 23.1. The number of carbonyl (C=O) groups is 2. The van der Waals surface area contributed by atoms with Crippen LogP contribution in [-0.4, -0.2) is 48.4 Å². The summed E-state index contributed by atoms with van der Waals surface area (Å²) in [5.41, 5.74) is 9.23. The molecule has 0 saturated heterocycles. The lowest BCUT2D eigenvalue weighted by atomic mass is 10.0. The van der Waals surface area contributed by atoms with Gasteiger partial charge in [0.1, 0.15) is 12.2 Å². The van der Waals surface area contributed by atoms with Crippen LogP contribution in [0.4, 0.5) is 20.0 Å². The molecule has 1 aromatic heterocycles. The molecule has 1 aliphatic heterocycles. The number of nitrogens with two attached hydrogens (primary N) is 1. The van der Waals surface area contributed by atoms with Crippen LogP contribution in [0.5, 0.6) is 5.75 Å². The molecule has 3 aromatic rings. The number of fused-ring (bicyclic) bond motifs is 1. The molecule has 1 unspecified atom stereocenters. The number of benzene rings is 2. The van der Waals surface area contributed by atoms with Crippen LogP contribution in [0.2, 0.25) is 0 Å². The maximum Gasteiger partial charge on any atom is 0.405 e. The molecule has 0 spiro atoms. The van der Waals surface area contributed by atoms with Crippen molar-refractivity contribution < 1.29 is 28.2 Å². The zero-order chi connectivity index (χ0) is 28.9. The number of ether oxygens (including phenoxy) is 3. The van der Waals surface area contributed by atoms with E-state index in [0.717, 1.165) is 34.8 Å². The maximum atomic E-state index is 14.3. The maximum absolute atomic E-state index is 14.3. The van der Waals surface area contributed by atoms with E-state index in [9.17, 15) is 14.0 Å². The average Bonchev–Trinajstić information content (AvgIpc) is 3.47. The van der Waals surface area contributed by atoms with Crippen molar-refractivity contribution in [3.05, 3.63) is 58.2 Å². The molecule has 0 radical (unpaired) electrons. The number of aromatic nitrogens is 1. The van der Waals surface area contributed by atoms with Gasteiger partial charge in [0.2, 0.25) is 5.91 Å². The topological polar surface area (TPSA) is 125 Å². The summed E-state index contributed by atoms with van der Waals surface area (Å²) in [5, 5.41) is 6.74. The van der Waals surface area contributed by atoms with Crippen molar-refractivity contribution in [2.24, 2.45) is 5.73 Å². The summed E-state index contributed by atoms with van der Waals surface area (Å²) in [5.74, 6) is -0.746. The Morgan fingerprint density at radius 1 is 1.23 bits per heavy atom. The number of hydrogen-bond acceptors (Lipinski definition) is 8. The molecule has 2 heterocycles. The van der Waals surface area contributed by atoms with Crippen LogP contribution in [0.25, 0.3) is 11.3 Å². The molecular formula is C29H35FN4O5S. The van der Waals surface area contributed by atoms with E-state index in [2.05, 4.69) is 27.8 Å². The fourth-order valence-electron chi connectivity index (χ4n) is 4.75. The van der Waals surface area contributed by atoms with Crippen molar-refractivity contribution >= 4 is 34.2 Å². The van der Waals surface area contributed by atoms with Gasteiger partial charge in [-0.25, -0.2) is 14.2 Å². The highest BCUT2D eigenvalue weighted by molar-refractivity contribution is 7.16. The molecule has 0 bridgehead atoms. The fraction of sp³-hybridized carbons (Fsp3) is 0.414. The molecule has 2 aromatic carbocycles. The van der Waals surface area contributed by atoms with Crippen molar-refractivity contribution in [1.29, 1.82) is 0 Å². The van der Waals surface area contributed by atoms with Crippen molar-refractivity contribution in [1.82, 2.24) is 4.98 Å². The van der Waals surface area contributed by atoms with Crippen LogP contribution in [0.1, 0.15) is 43.2 Å². The van der Waals surface area contributed by atoms with Crippen LogP contribution < -0.4 is 21.1 Å². The Labute approximate surface area is 237 Å². The number of aryl methyl sites for hydroxylation is 1. The van der Waals surface area contributed by atoms with Crippen molar-refractivity contribution in [3.8, 4) is 17.0 Å². The summed E-state index contributed by atoms with van der Waals surface area (Å²) in [6.45, 7) is 8.54. The highest BCUT2D eigenvalue weighted by atomic mass is 32.1. The van der Waals surface area contributed by atoms with Gasteiger partial charge in [0, 0.05) is 29.1 Å². The van der Waals surface area contributed by atoms with E-state index in [1.54, 1.807) is 19.9 Å². The first-order valence-electron chi connectivity index (χ1n) is 13.1. The van der Waals surface area contributed by atoms with Gasteiger partial charge in [-0.05, 0) is 69.5 Å². The highest BCUT2D eigenvalue weighted by Crippen LogP contribution is 2.34. The van der Waals surface area contributed by atoms with Gasteiger partial charge in [0.15, 0.2) is 16.7 Å². The Bertz CT molecular complexity index is 1380. The molecule has 1 aliphatic rings. The molecule has 214 valence electrons. The summed E-state index contributed by atoms with van der Waals surface area (Å²) in [4.78, 5) is 29.4. The van der Waals surface area contributed by atoms with E-state index in [4.69, 9.17) is 19.9 Å². The minimum atomic E-state index is -0.844. The largest absolute Gasteiger partial charge is 0.488 e. The van der Waals surface area contributed by atoms with Gasteiger partial charge in [0.05, 0.1) is 24.8 Å². The molecular weight excluding hydrogens is 535 g/mol. The van der Waals surface area contributed by atoms with Gasteiger partial charge in [-0.15, -0.1) is 11.3 Å². The number of anilines is 2. The van der Waals surface area contributed by atoms with Crippen LogP contribution in [0.3, 0.4) is 0 Å². The van der Waals surface area contributed by atoms with E-state index in [-0.39, 0.29) is 37.4 Å². The Balaban J connectivity index is 1.28. The number of primary amides is 1. The van der Waals surface area contributed by atoms with E-state index in [0.29, 0.717) is 17.1 Å². The summed E-state index contributed by atoms with van der Waals surface area (Å²) < 4.78 is 30.7. The van der Waals surface area contributed by atoms with Crippen LogP contribution in [0.15, 0.2) is 36.4 Å². The minimum Gasteiger partial charge on any atom is -0.488 e. The first-order chi connectivity index (χ1) is 19.0. The Hall–Kier alpha value is -3.70. The Morgan fingerprint density at radius 2 is 2.02 bits per heavy atom. The Morgan fingerprint density at radius 3 is 2.80 bits per heavy atom. The van der Waals surface area contributed by atoms with Gasteiger partial charge in [-0.2, -0.15) is 0 Å². The number of hydrogen-bond donors (Lipinski definition) is 3. The average molecular weight is 571 g/mol. The molecule has 11 heteroatoms. The molecule has 1 atom stereocenters. The molecule has 40 heavy (non-hydrogen) atoms. The number of nitrogens with one attached hydrogen (secondary N) is 2. The second-order valence-electron chi connectivity index (χ2n) is 10.4. The number of halogens is 1. The van der Waals surface area contributed by atoms with Crippen LogP contribution >= 0.6 is 11.3 Å². The lowest BCUT2D eigenvalue weighted by Crippen LogP contribution is -2.35. The SMILES string of the molecule is Cc1sc(NC(=O)Cc2ccc(F)c(OCCOC(C)CC(C)(C)OC(N)=O)c2)nc1-c1ccc2c(c1)CCN2. The van der Waals surface area contributed by atoms with Crippen molar-refractivity contribution in [2.45, 2.75) is 58.7 Å². The first-order valence-corrected chi connectivity index (χ1v) is 14.0. The summed E-state index contributed by atoms with van der Waals surface area (Å²) in [6.07, 6.45) is 0.367. The van der Waals surface area contributed by atoms with Crippen LogP contribution in [0, 0.1) is 12.7 Å². The van der Waals surface area contributed by atoms with Crippen molar-refractivity contribution in [3.63, 3.8) is 0 Å². The molecule has 0 fully saturated rings. The smallest absolute Gasteiger partial charge is 0.405 e. The van der Waals surface area contributed by atoms with Gasteiger partial charge in [-0.3, -0.25) is 4.79 Å². The van der Waals surface area contributed by atoms with E-state index >= 15 is 0 Å². The van der Waals surface area contributed by atoms with Crippen LogP contribution in [-0.2, 0) is 27.1 Å². The molecule has 4 N–H and O–H groups in total. The number of rotatable bonds is 12. The normalized spacial score (nSPS) is 13.3. The highest BCUT2D eigenvalue weighted by Gasteiger charge is 2.25. The van der Waals surface area contributed by atoms with Gasteiger partial charge >= 0.3 is 6.09 Å². The summed E-state index contributed by atoms with van der Waals surface area (Å²) in [6, 6.07) is 10.6. The van der Waals surface area contributed by atoms with Crippen molar-refractivity contribution in [2.75, 3.05) is 30.4 Å². The number of thiazole rings is 1.